The molecule has 0 saturated heterocycles. The molecule has 76 valence electrons. The van der Waals surface area contributed by atoms with E-state index in [0.29, 0.717) is 0 Å². The standard InChI is InChI=1S/C11H16N2S/c1-3-14-10-8(5-13(2)11(10)12)9-6-4-7(6)9/h5-7,9H,3-4,12H2,1-2H3/t6-,7?,9?/m1/s1. The van der Waals surface area contributed by atoms with Gasteiger partial charge in [0.25, 0.3) is 0 Å². The molecule has 2 aliphatic rings. The van der Waals surface area contributed by atoms with Crippen LogP contribution in [0.1, 0.15) is 24.8 Å². The highest BCUT2D eigenvalue weighted by molar-refractivity contribution is 7.99. The summed E-state index contributed by atoms with van der Waals surface area (Å²) in [7, 11) is 2.05. The van der Waals surface area contributed by atoms with Crippen molar-refractivity contribution in [2.45, 2.75) is 24.2 Å². The van der Waals surface area contributed by atoms with Crippen LogP contribution in [0.4, 0.5) is 5.82 Å². The van der Waals surface area contributed by atoms with Gasteiger partial charge in [0.15, 0.2) is 0 Å². The second-order valence-electron chi connectivity index (χ2n) is 4.43. The lowest BCUT2D eigenvalue weighted by Crippen LogP contribution is -1.95. The van der Waals surface area contributed by atoms with Crippen LogP contribution in [0.3, 0.4) is 0 Å². The summed E-state index contributed by atoms with van der Waals surface area (Å²) in [5.41, 5.74) is 7.58. The summed E-state index contributed by atoms with van der Waals surface area (Å²) in [6.07, 6.45) is 3.71. The van der Waals surface area contributed by atoms with Gasteiger partial charge in [0.2, 0.25) is 0 Å². The minimum atomic E-state index is 0.868. The average Bonchev–Trinajstić information content (AvgIpc) is 2.98. The molecule has 2 N–H and O–H groups in total. The van der Waals surface area contributed by atoms with Crippen LogP contribution in [-0.4, -0.2) is 10.3 Å². The largest absolute Gasteiger partial charge is 0.384 e. The molecule has 1 aromatic heterocycles. The van der Waals surface area contributed by atoms with Gasteiger partial charge in [-0.2, -0.15) is 0 Å². The molecule has 0 bridgehead atoms. The van der Waals surface area contributed by atoms with Gasteiger partial charge in [0.1, 0.15) is 5.82 Å². The normalized spacial score (nSPS) is 32.9. The summed E-state index contributed by atoms with van der Waals surface area (Å²) in [6.45, 7) is 2.19. The summed E-state index contributed by atoms with van der Waals surface area (Å²) >= 11 is 1.89. The molecule has 0 spiro atoms. The molecule has 2 fully saturated rings. The van der Waals surface area contributed by atoms with Crippen molar-refractivity contribution in [1.82, 2.24) is 4.57 Å². The summed E-state index contributed by atoms with van der Waals surface area (Å²) in [6, 6.07) is 0. The number of fused-ring (bicyclic) bond motifs is 1. The van der Waals surface area contributed by atoms with E-state index >= 15 is 0 Å². The molecule has 3 atom stereocenters. The Kier molecular flexibility index (Phi) is 1.69. The summed E-state index contributed by atoms with van der Waals surface area (Å²) < 4.78 is 2.07. The van der Waals surface area contributed by atoms with Crippen molar-refractivity contribution in [2.75, 3.05) is 11.5 Å². The first-order valence-electron chi connectivity index (χ1n) is 5.31. The lowest BCUT2D eigenvalue weighted by Gasteiger charge is -2.05. The fourth-order valence-electron chi connectivity index (χ4n) is 2.42. The topological polar surface area (TPSA) is 30.9 Å². The number of aromatic nitrogens is 1. The van der Waals surface area contributed by atoms with E-state index in [-0.39, 0.29) is 0 Å². The van der Waals surface area contributed by atoms with E-state index in [1.54, 1.807) is 0 Å². The number of nitrogens with zero attached hydrogens (tertiary/aromatic N) is 1. The second kappa shape index (κ2) is 2.72. The maximum Gasteiger partial charge on any atom is 0.117 e. The van der Waals surface area contributed by atoms with E-state index in [9.17, 15) is 0 Å². The van der Waals surface area contributed by atoms with E-state index in [4.69, 9.17) is 5.73 Å². The van der Waals surface area contributed by atoms with Crippen LogP contribution in [-0.2, 0) is 7.05 Å². The fourth-order valence-corrected chi connectivity index (χ4v) is 3.36. The lowest BCUT2D eigenvalue weighted by molar-refractivity contribution is 0.764. The Hall–Kier alpha value is -0.570. The van der Waals surface area contributed by atoms with E-state index in [1.807, 2.05) is 18.8 Å². The Bertz CT molecular complexity index is 375. The predicted octanol–water partition coefficient (Wildman–Crippen LogP) is 2.45. The van der Waals surface area contributed by atoms with Gasteiger partial charge in [-0.05, 0) is 35.5 Å². The van der Waals surface area contributed by atoms with Crippen LogP contribution in [0.5, 0.6) is 0 Å². The zero-order chi connectivity index (χ0) is 9.87. The molecule has 1 aromatic rings. The van der Waals surface area contributed by atoms with Crippen molar-refractivity contribution >= 4 is 17.6 Å². The van der Waals surface area contributed by atoms with Crippen LogP contribution < -0.4 is 5.73 Å². The Labute approximate surface area is 88.9 Å². The van der Waals surface area contributed by atoms with Gasteiger partial charge in [-0.1, -0.05) is 6.92 Å². The molecule has 14 heavy (non-hydrogen) atoms. The number of hydrogen-bond donors (Lipinski definition) is 1. The summed E-state index contributed by atoms with van der Waals surface area (Å²) in [5.74, 6) is 4.98. The van der Waals surface area contributed by atoms with E-state index in [2.05, 4.69) is 17.7 Å². The maximum absolute atomic E-state index is 6.06. The minimum absolute atomic E-state index is 0.868. The molecule has 2 aliphatic carbocycles. The molecule has 0 radical (unpaired) electrons. The van der Waals surface area contributed by atoms with Gasteiger partial charge in [-0.25, -0.2) is 0 Å². The Balaban J connectivity index is 1.96. The third kappa shape index (κ3) is 1.05. The number of nitrogens with two attached hydrogens (primary N) is 1. The summed E-state index contributed by atoms with van der Waals surface area (Å²) in [5, 5.41) is 0. The van der Waals surface area contributed by atoms with Crippen molar-refractivity contribution in [1.29, 1.82) is 0 Å². The zero-order valence-corrected chi connectivity index (χ0v) is 9.47. The predicted molar refractivity (Wildman–Crippen MR) is 60.6 cm³/mol. The van der Waals surface area contributed by atoms with Crippen LogP contribution in [0.15, 0.2) is 11.1 Å². The van der Waals surface area contributed by atoms with Crippen LogP contribution >= 0.6 is 11.8 Å². The number of hydrogen-bond acceptors (Lipinski definition) is 2. The van der Waals surface area contributed by atoms with Crippen molar-refractivity contribution < 1.29 is 0 Å². The second-order valence-corrected chi connectivity index (χ2v) is 5.71. The van der Waals surface area contributed by atoms with Crippen LogP contribution in [0.25, 0.3) is 0 Å². The molecular weight excluding hydrogens is 192 g/mol. The van der Waals surface area contributed by atoms with Crippen molar-refractivity contribution in [3.63, 3.8) is 0 Å². The summed E-state index contributed by atoms with van der Waals surface area (Å²) in [4.78, 5) is 1.35. The molecule has 3 rings (SSSR count). The van der Waals surface area contributed by atoms with Gasteiger partial charge in [-0.15, -0.1) is 11.8 Å². The number of nitrogen functional groups attached to an aromatic ring is 1. The molecule has 2 unspecified atom stereocenters. The fraction of sp³-hybridized carbons (Fsp3) is 0.636. The molecular formula is C11H16N2S. The molecule has 0 aliphatic heterocycles. The highest BCUT2D eigenvalue weighted by Crippen LogP contribution is 2.74. The molecule has 3 heteroatoms. The van der Waals surface area contributed by atoms with Gasteiger partial charge in [-0.3, -0.25) is 0 Å². The van der Waals surface area contributed by atoms with E-state index in [0.717, 1.165) is 29.3 Å². The number of aryl methyl sites for hydroxylation is 1. The van der Waals surface area contributed by atoms with E-state index in [1.165, 1.54) is 16.9 Å². The molecule has 2 saturated carbocycles. The highest BCUT2D eigenvalue weighted by Gasteiger charge is 2.65. The van der Waals surface area contributed by atoms with E-state index < -0.39 is 0 Å². The van der Waals surface area contributed by atoms with Gasteiger partial charge < -0.3 is 10.3 Å². The monoisotopic (exact) mass is 208 g/mol. The van der Waals surface area contributed by atoms with Gasteiger partial charge >= 0.3 is 0 Å². The lowest BCUT2D eigenvalue weighted by atomic mass is 10.1. The Morgan fingerprint density at radius 3 is 2.79 bits per heavy atom. The molecule has 1 heterocycles. The van der Waals surface area contributed by atoms with Crippen molar-refractivity contribution in [2.24, 2.45) is 18.9 Å². The Morgan fingerprint density at radius 2 is 2.29 bits per heavy atom. The van der Waals surface area contributed by atoms with Gasteiger partial charge in [0, 0.05) is 13.2 Å². The highest BCUT2D eigenvalue weighted by atomic mass is 32.2. The third-order valence-corrected chi connectivity index (χ3v) is 4.55. The first kappa shape index (κ1) is 8.72. The number of anilines is 1. The number of thioether (sulfide) groups is 1. The van der Waals surface area contributed by atoms with Crippen LogP contribution in [0.2, 0.25) is 0 Å². The maximum atomic E-state index is 6.06. The van der Waals surface area contributed by atoms with Crippen LogP contribution in [0, 0.1) is 11.8 Å². The smallest absolute Gasteiger partial charge is 0.117 e. The minimum Gasteiger partial charge on any atom is -0.384 e. The van der Waals surface area contributed by atoms with Gasteiger partial charge in [0.05, 0.1) is 4.90 Å². The Morgan fingerprint density at radius 1 is 1.57 bits per heavy atom. The molecule has 0 aromatic carbocycles. The quantitative estimate of drug-likeness (QED) is 0.774. The molecule has 2 nitrogen and oxygen atoms in total. The first-order chi connectivity index (χ1) is 6.74. The molecule has 0 amide bonds. The van der Waals surface area contributed by atoms with Crippen molar-refractivity contribution in [3.8, 4) is 0 Å². The third-order valence-electron chi connectivity index (χ3n) is 3.53. The first-order valence-corrected chi connectivity index (χ1v) is 6.30. The average molecular weight is 208 g/mol. The van der Waals surface area contributed by atoms with Crippen molar-refractivity contribution in [3.05, 3.63) is 11.8 Å². The SMILES string of the molecule is CCSc1c(C2C3C[C@H]32)cn(C)c1N. The zero-order valence-electron chi connectivity index (χ0n) is 8.66. The number of rotatable bonds is 3.